The van der Waals surface area contributed by atoms with Gasteiger partial charge in [-0.25, -0.2) is 15.0 Å². The maximum atomic E-state index is 13.3. The predicted molar refractivity (Wildman–Crippen MR) is 115 cm³/mol. The molecule has 4 aromatic rings. The van der Waals surface area contributed by atoms with Crippen molar-refractivity contribution < 1.29 is 9.18 Å². The number of carbonyl (C=O) groups excluding carboxylic acids is 1. The lowest BCUT2D eigenvalue weighted by Gasteiger charge is -2.35. The van der Waals surface area contributed by atoms with Gasteiger partial charge in [0.25, 0.3) is 5.91 Å². The molecular formula is C22H17ClFN7O. The third-order valence-electron chi connectivity index (χ3n) is 5.38. The van der Waals surface area contributed by atoms with E-state index in [4.69, 9.17) is 11.6 Å². The molecule has 0 spiro atoms. The van der Waals surface area contributed by atoms with Crippen LogP contribution in [0.1, 0.15) is 35.1 Å². The zero-order chi connectivity index (χ0) is 22.1. The van der Waals surface area contributed by atoms with E-state index in [9.17, 15) is 9.18 Å². The summed E-state index contributed by atoms with van der Waals surface area (Å²) < 4.78 is 15.2. The standard InChI is InChI=1S/C22H17ClFN7O/c23-15-4-1-2-6-18(15)31-20(29-30-21(31)16-8-9-25-12-26-16)13-10-14(11-13)27-22(32)17-5-3-7-19(24)28-17/h1-9,12-14H,10-11H2,(H,27,32)/t13-,14-. The van der Waals surface area contributed by atoms with Crippen LogP contribution in [0.4, 0.5) is 4.39 Å². The Balaban J connectivity index is 1.40. The summed E-state index contributed by atoms with van der Waals surface area (Å²) in [5.74, 6) is 0.268. The number of halogens is 2. The van der Waals surface area contributed by atoms with Gasteiger partial charge in [0, 0.05) is 18.2 Å². The van der Waals surface area contributed by atoms with Crippen molar-refractivity contribution in [2.24, 2.45) is 0 Å². The number of carbonyl (C=O) groups is 1. The van der Waals surface area contributed by atoms with E-state index in [2.05, 4.69) is 30.5 Å². The molecule has 1 saturated carbocycles. The van der Waals surface area contributed by atoms with Crippen LogP contribution in [0.25, 0.3) is 17.2 Å². The zero-order valence-electron chi connectivity index (χ0n) is 16.7. The summed E-state index contributed by atoms with van der Waals surface area (Å²) in [6.07, 6.45) is 4.42. The van der Waals surface area contributed by atoms with E-state index in [1.165, 1.54) is 24.5 Å². The minimum atomic E-state index is -0.686. The van der Waals surface area contributed by atoms with Gasteiger partial charge in [-0.2, -0.15) is 4.39 Å². The molecule has 0 atom stereocenters. The van der Waals surface area contributed by atoms with Gasteiger partial charge >= 0.3 is 0 Å². The van der Waals surface area contributed by atoms with Crippen LogP contribution in [-0.4, -0.2) is 41.7 Å². The molecule has 160 valence electrons. The predicted octanol–water partition coefficient (Wildman–Crippen LogP) is 3.59. The van der Waals surface area contributed by atoms with Crippen LogP contribution in [0.3, 0.4) is 0 Å². The molecule has 1 fully saturated rings. The molecule has 1 N–H and O–H groups in total. The molecule has 0 saturated heterocycles. The second-order valence-corrected chi connectivity index (χ2v) is 7.85. The Morgan fingerprint density at radius 1 is 1.09 bits per heavy atom. The third-order valence-corrected chi connectivity index (χ3v) is 5.70. The molecule has 0 unspecified atom stereocenters. The number of rotatable bonds is 5. The number of hydrogen-bond acceptors (Lipinski definition) is 6. The molecule has 0 radical (unpaired) electrons. The summed E-state index contributed by atoms with van der Waals surface area (Å²) in [6, 6.07) is 13.3. The Bertz CT molecular complexity index is 1270. The molecule has 3 heterocycles. The molecule has 0 bridgehead atoms. The highest BCUT2D eigenvalue weighted by Crippen LogP contribution is 2.39. The van der Waals surface area contributed by atoms with E-state index < -0.39 is 11.9 Å². The second kappa shape index (κ2) is 8.43. The number of benzene rings is 1. The quantitative estimate of drug-likeness (QED) is 0.467. The van der Waals surface area contributed by atoms with Gasteiger partial charge in [-0.3, -0.25) is 9.36 Å². The monoisotopic (exact) mass is 449 g/mol. The van der Waals surface area contributed by atoms with Crippen molar-refractivity contribution in [3.63, 3.8) is 0 Å². The van der Waals surface area contributed by atoms with Gasteiger partial charge in [-0.1, -0.05) is 29.8 Å². The first-order valence-corrected chi connectivity index (χ1v) is 10.4. The summed E-state index contributed by atoms with van der Waals surface area (Å²) in [7, 11) is 0. The van der Waals surface area contributed by atoms with Gasteiger partial charge in [-0.15, -0.1) is 10.2 Å². The highest BCUT2D eigenvalue weighted by Gasteiger charge is 2.36. The Hall–Kier alpha value is -3.72. The third kappa shape index (κ3) is 3.82. The normalized spacial score (nSPS) is 17.6. The largest absolute Gasteiger partial charge is 0.348 e. The average molecular weight is 450 g/mol. The van der Waals surface area contributed by atoms with Crippen LogP contribution in [0, 0.1) is 5.95 Å². The minimum absolute atomic E-state index is 0.0544. The van der Waals surface area contributed by atoms with E-state index in [-0.39, 0.29) is 17.7 Å². The molecule has 1 aliphatic rings. The lowest BCUT2D eigenvalue weighted by atomic mass is 9.79. The van der Waals surface area contributed by atoms with Gasteiger partial charge in [-0.05, 0) is 43.2 Å². The van der Waals surface area contributed by atoms with Crippen LogP contribution < -0.4 is 5.32 Å². The molecular weight excluding hydrogens is 433 g/mol. The molecule has 8 nitrogen and oxygen atoms in total. The van der Waals surface area contributed by atoms with Crippen molar-refractivity contribution in [1.29, 1.82) is 0 Å². The molecule has 1 amide bonds. The Morgan fingerprint density at radius 3 is 2.69 bits per heavy atom. The number of nitrogens with one attached hydrogen (secondary N) is 1. The summed E-state index contributed by atoms with van der Waals surface area (Å²) in [5.41, 5.74) is 1.43. The Morgan fingerprint density at radius 2 is 1.94 bits per heavy atom. The van der Waals surface area contributed by atoms with Gasteiger partial charge in [0.05, 0.1) is 10.7 Å². The van der Waals surface area contributed by atoms with Crippen LogP contribution >= 0.6 is 11.6 Å². The lowest BCUT2D eigenvalue weighted by Crippen LogP contribution is -2.44. The van der Waals surface area contributed by atoms with Crippen LogP contribution in [0.15, 0.2) is 61.1 Å². The van der Waals surface area contributed by atoms with Gasteiger partial charge in [0.1, 0.15) is 23.5 Å². The molecule has 1 aliphatic carbocycles. The number of aromatic nitrogens is 6. The number of hydrogen-bond donors (Lipinski definition) is 1. The molecule has 5 rings (SSSR count). The fourth-order valence-corrected chi connectivity index (χ4v) is 3.98. The fraction of sp³-hybridized carbons (Fsp3) is 0.182. The maximum absolute atomic E-state index is 13.3. The number of pyridine rings is 1. The maximum Gasteiger partial charge on any atom is 0.270 e. The fourth-order valence-electron chi connectivity index (χ4n) is 3.76. The number of nitrogens with zero attached hydrogens (tertiary/aromatic N) is 6. The zero-order valence-corrected chi connectivity index (χ0v) is 17.4. The summed E-state index contributed by atoms with van der Waals surface area (Å²) >= 11 is 6.49. The highest BCUT2D eigenvalue weighted by atomic mass is 35.5. The van der Waals surface area contributed by atoms with E-state index in [1.54, 1.807) is 18.3 Å². The molecule has 0 aliphatic heterocycles. The Labute approximate surface area is 187 Å². The topological polar surface area (TPSA) is 98.5 Å². The minimum Gasteiger partial charge on any atom is -0.348 e. The SMILES string of the molecule is O=C(N[C@H]1C[C@H](c2nnc(-c3ccncn3)n2-c2ccccc2Cl)C1)c1cccc(F)n1. The second-order valence-electron chi connectivity index (χ2n) is 7.45. The Kier molecular flexibility index (Phi) is 5.32. The first-order chi connectivity index (χ1) is 15.6. The van der Waals surface area contributed by atoms with Crippen LogP contribution in [0.5, 0.6) is 0 Å². The summed E-state index contributed by atoms with van der Waals surface area (Å²) in [4.78, 5) is 24.3. The first-order valence-electron chi connectivity index (χ1n) is 10.00. The van der Waals surface area contributed by atoms with E-state index in [1.807, 2.05) is 22.8 Å². The summed E-state index contributed by atoms with van der Waals surface area (Å²) in [5, 5.41) is 12.3. The van der Waals surface area contributed by atoms with Gasteiger partial charge in [0.15, 0.2) is 5.82 Å². The first kappa shape index (κ1) is 20.2. The number of para-hydroxylation sites is 1. The van der Waals surface area contributed by atoms with Crippen molar-refractivity contribution in [2.75, 3.05) is 0 Å². The highest BCUT2D eigenvalue weighted by molar-refractivity contribution is 6.32. The van der Waals surface area contributed by atoms with Crippen molar-refractivity contribution in [3.05, 3.63) is 83.5 Å². The lowest BCUT2D eigenvalue weighted by molar-refractivity contribution is 0.0901. The van der Waals surface area contributed by atoms with E-state index in [0.29, 0.717) is 29.4 Å². The van der Waals surface area contributed by atoms with Crippen molar-refractivity contribution in [2.45, 2.75) is 24.8 Å². The van der Waals surface area contributed by atoms with Crippen molar-refractivity contribution >= 4 is 17.5 Å². The van der Waals surface area contributed by atoms with E-state index in [0.717, 1.165) is 11.5 Å². The van der Waals surface area contributed by atoms with Gasteiger partial charge in [0.2, 0.25) is 5.95 Å². The van der Waals surface area contributed by atoms with Crippen molar-refractivity contribution in [3.8, 4) is 17.2 Å². The summed E-state index contributed by atoms with van der Waals surface area (Å²) in [6.45, 7) is 0. The van der Waals surface area contributed by atoms with E-state index >= 15 is 0 Å². The molecule has 32 heavy (non-hydrogen) atoms. The van der Waals surface area contributed by atoms with Gasteiger partial charge < -0.3 is 5.32 Å². The molecule has 3 aromatic heterocycles. The molecule has 10 heteroatoms. The smallest absolute Gasteiger partial charge is 0.270 e. The number of amides is 1. The average Bonchev–Trinajstić information content (AvgIpc) is 3.21. The van der Waals surface area contributed by atoms with Crippen LogP contribution in [0.2, 0.25) is 5.02 Å². The van der Waals surface area contributed by atoms with Crippen LogP contribution in [-0.2, 0) is 0 Å². The molecule has 1 aromatic carbocycles. The van der Waals surface area contributed by atoms with Crippen molar-refractivity contribution in [1.82, 2.24) is 35.0 Å².